The summed E-state index contributed by atoms with van der Waals surface area (Å²) in [5, 5.41) is 16.9. The van der Waals surface area contributed by atoms with E-state index in [0.717, 1.165) is 16.7 Å². The molecule has 0 atom stereocenters. The average Bonchev–Trinajstić information content (AvgIpc) is 3.22. The Hall–Kier alpha value is -3.81. The number of rotatable bonds is 8. The van der Waals surface area contributed by atoms with E-state index in [2.05, 4.69) is 10.4 Å². The van der Waals surface area contributed by atoms with Crippen LogP contribution in [-0.2, 0) is 4.79 Å². The van der Waals surface area contributed by atoms with E-state index in [1.54, 1.807) is 47.1 Å². The van der Waals surface area contributed by atoms with Gasteiger partial charge in [0.05, 0.1) is 17.7 Å². The molecule has 0 saturated carbocycles. The first kappa shape index (κ1) is 24.3. The number of carbonyl (C=O) groups excluding carboxylic acids is 1. The molecule has 0 aliphatic rings. The summed E-state index contributed by atoms with van der Waals surface area (Å²) < 4.78 is 7.75. The number of benzene rings is 3. The zero-order chi connectivity index (χ0) is 24.9. The molecule has 0 saturated heterocycles. The highest BCUT2D eigenvalue weighted by Gasteiger charge is 2.16. The van der Waals surface area contributed by atoms with E-state index >= 15 is 0 Å². The molecule has 35 heavy (non-hydrogen) atoms. The van der Waals surface area contributed by atoms with Gasteiger partial charge >= 0.3 is 5.97 Å². The molecule has 1 amide bonds. The average molecular weight is 510 g/mol. The molecule has 9 heteroatoms. The van der Waals surface area contributed by atoms with Gasteiger partial charge in [0.2, 0.25) is 5.88 Å². The van der Waals surface area contributed by atoms with Crippen molar-refractivity contribution in [2.24, 2.45) is 0 Å². The highest BCUT2D eigenvalue weighted by molar-refractivity contribution is 6.34. The standard InChI is InChI=1S/C26H21Cl2N3O4/c1-16-3-2-4-18(11-16)23-15-31(21-13-19(27)12-20(28)14-21)30-26(23)35-22-7-5-17(6-8-22)25(34)29-10-9-24(32)33/h2-8,11-15H,9-10H2,1H3,(H,29,34)(H,32,33). The van der Waals surface area contributed by atoms with Crippen molar-refractivity contribution >= 4 is 35.1 Å². The number of amides is 1. The zero-order valence-corrected chi connectivity index (χ0v) is 20.2. The molecule has 7 nitrogen and oxygen atoms in total. The first-order chi connectivity index (χ1) is 16.8. The van der Waals surface area contributed by atoms with Crippen molar-refractivity contribution in [1.82, 2.24) is 15.1 Å². The minimum atomic E-state index is -0.974. The summed E-state index contributed by atoms with van der Waals surface area (Å²) in [5.74, 6) is -0.487. The predicted molar refractivity (Wildman–Crippen MR) is 135 cm³/mol. The number of carboxylic acids is 1. The Balaban J connectivity index is 1.62. The summed E-state index contributed by atoms with van der Waals surface area (Å²) >= 11 is 12.4. The Morgan fingerprint density at radius 1 is 1.03 bits per heavy atom. The van der Waals surface area contributed by atoms with Crippen molar-refractivity contribution in [2.75, 3.05) is 6.54 Å². The quantitative estimate of drug-likeness (QED) is 0.297. The van der Waals surface area contributed by atoms with Crippen LogP contribution in [0.3, 0.4) is 0 Å². The van der Waals surface area contributed by atoms with Gasteiger partial charge in [-0.1, -0.05) is 53.0 Å². The van der Waals surface area contributed by atoms with Crippen LogP contribution >= 0.6 is 23.2 Å². The van der Waals surface area contributed by atoms with Crippen LogP contribution in [0.4, 0.5) is 0 Å². The van der Waals surface area contributed by atoms with Crippen LogP contribution in [0.15, 0.2) is 72.9 Å². The van der Waals surface area contributed by atoms with Gasteiger partial charge in [-0.3, -0.25) is 9.59 Å². The van der Waals surface area contributed by atoms with Crippen LogP contribution in [0.25, 0.3) is 16.8 Å². The number of nitrogens with one attached hydrogen (secondary N) is 1. The molecule has 0 unspecified atom stereocenters. The van der Waals surface area contributed by atoms with Gasteiger partial charge < -0.3 is 15.2 Å². The van der Waals surface area contributed by atoms with Gasteiger partial charge in [0.15, 0.2) is 0 Å². The fraction of sp³-hybridized carbons (Fsp3) is 0.115. The van der Waals surface area contributed by atoms with E-state index in [1.165, 1.54) is 0 Å². The Morgan fingerprint density at radius 3 is 2.40 bits per heavy atom. The third-order valence-electron chi connectivity index (χ3n) is 5.08. The SMILES string of the molecule is Cc1cccc(-c2cn(-c3cc(Cl)cc(Cl)c3)nc2Oc2ccc(C(=O)NCCC(=O)O)cc2)c1. The van der Waals surface area contributed by atoms with Gasteiger partial charge in [-0.25, -0.2) is 4.68 Å². The number of hydrogen-bond acceptors (Lipinski definition) is 4. The third kappa shape index (κ3) is 6.20. The Labute approximate surface area is 211 Å². The predicted octanol–water partition coefficient (Wildman–Crippen LogP) is 6.15. The number of nitrogens with zero attached hydrogens (tertiary/aromatic N) is 2. The number of hydrogen-bond donors (Lipinski definition) is 2. The first-order valence-electron chi connectivity index (χ1n) is 10.7. The molecule has 0 aliphatic heterocycles. The van der Waals surface area contributed by atoms with Gasteiger partial charge in [0.25, 0.3) is 5.91 Å². The molecule has 4 rings (SSSR count). The van der Waals surface area contributed by atoms with Crippen molar-refractivity contribution in [2.45, 2.75) is 13.3 Å². The molecule has 1 heterocycles. The normalized spacial score (nSPS) is 10.7. The monoisotopic (exact) mass is 509 g/mol. The van der Waals surface area contributed by atoms with E-state index in [-0.39, 0.29) is 18.9 Å². The van der Waals surface area contributed by atoms with E-state index in [9.17, 15) is 9.59 Å². The number of aromatic nitrogens is 2. The molecule has 0 fully saturated rings. The second-order valence-electron chi connectivity index (χ2n) is 7.82. The molecule has 0 aliphatic carbocycles. The fourth-order valence-electron chi connectivity index (χ4n) is 3.42. The molecule has 3 aromatic carbocycles. The second kappa shape index (κ2) is 10.6. The molecular formula is C26H21Cl2N3O4. The fourth-order valence-corrected chi connectivity index (χ4v) is 3.93. The van der Waals surface area contributed by atoms with Gasteiger partial charge in [-0.15, -0.1) is 5.10 Å². The van der Waals surface area contributed by atoms with Gasteiger partial charge in [0, 0.05) is 28.4 Å². The number of aliphatic carboxylic acids is 1. The van der Waals surface area contributed by atoms with Crippen LogP contribution in [0.2, 0.25) is 10.0 Å². The third-order valence-corrected chi connectivity index (χ3v) is 5.51. The summed E-state index contributed by atoms with van der Waals surface area (Å²) in [6, 6.07) is 19.6. The maximum Gasteiger partial charge on any atom is 0.305 e. The maximum absolute atomic E-state index is 12.2. The van der Waals surface area contributed by atoms with E-state index in [4.69, 9.17) is 33.0 Å². The highest BCUT2D eigenvalue weighted by atomic mass is 35.5. The van der Waals surface area contributed by atoms with Crippen LogP contribution < -0.4 is 10.1 Å². The van der Waals surface area contributed by atoms with Crippen LogP contribution in [0, 0.1) is 6.92 Å². The molecule has 178 valence electrons. The lowest BCUT2D eigenvalue weighted by Crippen LogP contribution is -2.25. The second-order valence-corrected chi connectivity index (χ2v) is 8.69. The Morgan fingerprint density at radius 2 is 1.74 bits per heavy atom. The number of halogens is 2. The number of carboxylic acid groups (broad SMARTS) is 1. The smallest absolute Gasteiger partial charge is 0.305 e. The minimum absolute atomic E-state index is 0.0528. The lowest BCUT2D eigenvalue weighted by atomic mass is 10.1. The van der Waals surface area contributed by atoms with Crippen LogP contribution in [0.5, 0.6) is 11.6 Å². The van der Waals surface area contributed by atoms with Gasteiger partial charge in [-0.2, -0.15) is 0 Å². The van der Waals surface area contributed by atoms with Crippen LogP contribution in [-0.4, -0.2) is 33.3 Å². The lowest BCUT2D eigenvalue weighted by Gasteiger charge is -2.08. The lowest BCUT2D eigenvalue weighted by molar-refractivity contribution is -0.136. The minimum Gasteiger partial charge on any atom is -0.481 e. The van der Waals surface area contributed by atoms with Crippen molar-refractivity contribution in [3.05, 3.63) is 94.1 Å². The largest absolute Gasteiger partial charge is 0.481 e. The highest BCUT2D eigenvalue weighted by Crippen LogP contribution is 2.34. The number of carbonyl (C=O) groups is 2. The van der Waals surface area contributed by atoms with E-state index < -0.39 is 5.97 Å². The first-order valence-corrected chi connectivity index (χ1v) is 11.4. The number of aryl methyl sites for hydroxylation is 1. The van der Waals surface area contributed by atoms with Crippen molar-refractivity contribution in [3.8, 4) is 28.4 Å². The molecule has 0 radical (unpaired) electrons. The van der Waals surface area contributed by atoms with E-state index in [0.29, 0.717) is 32.9 Å². The van der Waals surface area contributed by atoms with E-state index in [1.807, 2.05) is 37.4 Å². The van der Waals surface area contributed by atoms with Crippen LogP contribution in [0.1, 0.15) is 22.3 Å². The molecule has 2 N–H and O–H groups in total. The summed E-state index contributed by atoms with van der Waals surface area (Å²) in [7, 11) is 0. The maximum atomic E-state index is 12.2. The molecule has 0 spiro atoms. The van der Waals surface area contributed by atoms with Gasteiger partial charge in [-0.05, 0) is 55.0 Å². The van der Waals surface area contributed by atoms with Crippen molar-refractivity contribution < 1.29 is 19.4 Å². The molecule has 0 bridgehead atoms. The summed E-state index contributed by atoms with van der Waals surface area (Å²) in [6.45, 7) is 2.06. The summed E-state index contributed by atoms with van der Waals surface area (Å²) in [5.41, 5.74) is 3.85. The van der Waals surface area contributed by atoms with Gasteiger partial charge in [0.1, 0.15) is 5.75 Å². The molecule has 4 aromatic rings. The topological polar surface area (TPSA) is 93.5 Å². The molecule has 1 aromatic heterocycles. The Bertz CT molecular complexity index is 1360. The Kier molecular flexibility index (Phi) is 7.39. The number of ether oxygens (including phenoxy) is 1. The van der Waals surface area contributed by atoms with Crippen molar-refractivity contribution in [3.63, 3.8) is 0 Å². The summed E-state index contributed by atoms with van der Waals surface area (Å²) in [6.07, 6.45) is 1.70. The zero-order valence-electron chi connectivity index (χ0n) is 18.7. The molecular weight excluding hydrogens is 489 g/mol. The van der Waals surface area contributed by atoms with Crippen molar-refractivity contribution in [1.29, 1.82) is 0 Å². The summed E-state index contributed by atoms with van der Waals surface area (Å²) in [4.78, 5) is 22.8.